The minimum Gasteiger partial charge on any atom is -0.347 e. The molecule has 0 heterocycles. The van der Waals surface area contributed by atoms with E-state index in [2.05, 4.69) is 10.6 Å². The smallest absolute Gasteiger partial charge is 0.242 e. The van der Waals surface area contributed by atoms with Crippen molar-refractivity contribution in [1.29, 1.82) is 0 Å². The van der Waals surface area contributed by atoms with E-state index < -0.39 is 11.9 Å². The summed E-state index contributed by atoms with van der Waals surface area (Å²) in [6.07, 6.45) is 1.51. The summed E-state index contributed by atoms with van der Waals surface area (Å²) in [6, 6.07) is -0.615. The Hall–Kier alpha value is -1.39. The summed E-state index contributed by atoms with van der Waals surface area (Å²) in [4.78, 5) is 31.1. The molecule has 0 spiro atoms. The molecule has 5 heteroatoms. The third-order valence-electron chi connectivity index (χ3n) is 1.15. The van der Waals surface area contributed by atoms with Crippen LogP contribution in [-0.4, -0.2) is 30.7 Å². The van der Waals surface area contributed by atoms with Crippen LogP contribution in [0.4, 0.5) is 0 Å². The molecule has 0 rings (SSSR count). The Balaban J connectivity index is 3.76. The van der Waals surface area contributed by atoms with Crippen LogP contribution >= 0.6 is 0 Å². The van der Waals surface area contributed by atoms with E-state index in [9.17, 15) is 14.4 Å². The third-order valence-corrected chi connectivity index (χ3v) is 1.15. The lowest BCUT2D eigenvalue weighted by molar-refractivity contribution is -0.127. The molecule has 0 aromatic rings. The molecular weight excluding hydrogens is 160 g/mol. The molecule has 67 valence electrons. The number of carbonyl (C=O) groups excluding carboxylic acids is 3. The zero-order valence-electron chi connectivity index (χ0n) is 7.01. The van der Waals surface area contributed by atoms with Crippen molar-refractivity contribution in [3.05, 3.63) is 0 Å². The van der Waals surface area contributed by atoms with Crippen LogP contribution in [0.25, 0.3) is 0 Å². The SMILES string of the molecule is CC(=O)NC(C)C(=O)NC[C]=O. The fourth-order valence-electron chi connectivity index (χ4n) is 0.647. The van der Waals surface area contributed by atoms with Gasteiger partial charge in [0.05, 0.1) is 6.54 Å². The Kier molecular flexibility index (Phi) is 4.67. The van der Waals surface area contributed by atoms with Gasteiger partial charge in [-0.25, -0.2) is 0 Å². The lowest BCUT2D eigenvalue weighted by Gasteiger charge is -2.10. The quantitative estimate of drug-likeness (QED) is 0.554. The number of nitrogens with one attached hydrogen (secondary N) is 2. The van der Waals surface area contributed by atoms with Gasteiger partial charge in [0.1, 0.15) is 6.04 Å². The fraction of sp³-hybridized carbons (Fsp3) is 0.571. The molecule has 0 aromatic carbocycles. The first kappa shape index (κ1) is 10.6. The van der Waals surface area contributed by atoms with Crippen LogP contribution in [0.15, 0.2) is 0 Å². The van der Waals surface area contributed by atoms with Gasteiger partial charge in [-0.1, -0.05) is 0 Å². The number of hydrogen-bond donors (Lipinski definition) is 2. The molecule has 0 aliphatic rings. The molecule has 0 fully saturated rings. The Morgan fingerprint density at radius 1 is 1.50 bits per heavy atom. The summed E-state index contributed by atoms with van der Waals surface area (Å²) in [6.45, 7) is 2.69. The molecule has 1 unspecified atom stereocenters. The summed E-state index contributed by atoms with van der Waals surface area (Å²) >= 11 is 0. The highest BCUT2D eigenvalue weighted by molar-refractivity contribution is 5.87. The van der Waals surface area contributed by atoms with Gasteiger partial charge >= 0.3 is 0 Å². The first-order valence-corrected chi connectivity index (χ1v) is 3.47. The van der Waals surface area contributed by atoms with Gasteiger partial charge < -0.3 is 10.6 Å². The van der Waals surface area contributed by atoms with E-state index >= 15 is 0 Å². The van der Waals surface area contributed by atoms with E-state index in [4.69, 9.17) is 0 Å². The Labute approximate surface area is 70.5 Å². The number of rotatable bonds is 4. The summed E-state index contributed by atoms with van der Waals surface area (Å²) in [5, 5.41) is 4.63. The van der Waals surface area contributed by atoms with Crippen molar-refractivity contribution in [2.45, 2.75) is 19.9 Å². The molecule has 1 atom stereocenters. The van der Waals surface area contributed by atoms with Gasteiger partial charge in [-0.15, -0.1) is 0 Å². The van der Waals surface area contributed by atoms with Crippen LogP contribution in [0, 0.1) is 0 Å². The number of carbonyl (C=O) groups is 2. The minimum atomic E-state index is -0.615. The van der Waals surface area contributed by atoms with Crippen molar-refractivity contribution in [3.8, 4) is 0 Å². The maximum Gasteiger partial charge on any atom is 0.242 e. The standard InChI is InChI=1S/C7H11N2O3/c1-5(9-6(2)11)7(12)8-3-4-10/h5H,3H2,1-2H3,(H,8,12)(H,9,11). The van der Waals surface area contributed by atoms with Gasteiger partial charge in [-0.3, -0.25) is 14.4 Å². The molecule has 2 amide bonds. The first-order valence-electron chi connectivity index (χ1n) is 3.47. The highest BCUT2D eigenvalue weighted by Crippen LogP contribution is 1.80. The second-order valence-corrected chi connectivity index (χ2v) is 2.28. The van der Waals surface area contributed by atoms with E-state index in [1.807, 2.05) is 0 Å². The maximum atomic E-state index is 10.9. The normalized spacial score (nSPS) is 11.5. The molecule has 0 aliphatic carbocycles. The van der Waals surface area contributed by atoms with E-state index in [-0.39, 0.29) is 12.5 Å². The number of hydrogen-bond acceptors (Lipinski definition) is 3. The zero-order valence-corrected chi connectivity index (χ0v) is 7.01. The van der Waals surface area contributed by atoms with E-state index in [0.29, 0.717) is 0 Å². The van der Waals surface area contributed by atoms with Crippen LogP contribution < -0.4 is 10.6 Å². The van der Waals surface area contributed by atoms with E-state index in [0.717, 1.165) is 0 Å². The second-order valence-electron chi connectivity index (χ2n) is 2.28. The van der Waals surface area contributed by atoms with Crippen molar-refractivity contribution < 1.29 is 14.4 Å². The number of amides is 2. The highest BCUT2D eigenvalue weighted by atomic mass is 16.2. The second kappa shape index (κ2) is 5.29. The van der Waals surface area contributed by atoms with Crippen LogP contribution in [0.5, 0.6) is 0 Å². The first-order chi connectivity index (χ1) is 5.57. The largest absolute Gasteiger partial charge is 0.347 e. The van der Waals surface area contributed by atoms with Crippen molar-refractivity contribution in [2.24, 2.45) is 0 Å². The van der Waals surface area contributed by atoms with Crippen LogP contribution in [0.1, 0.15) is 13.8 Å². The summed E-state index contributed by atoms with van der Waals surface area (Å²) in [5.41, 5.74) is 0. The fourth-order valence-corrected chi connectivity index (χ4v) is 0.647. The molecule has 0 aliphatic heterocycles. The van der Waals surface area contributed by atoms with E-state index in [1.165, 1.54) is 20.1 Å². The van der Waals surface area contributed by atoms with Crippen molar-refractivity contribution in [3.63, 3.8) is 0 Å². The summed E-state index contributed by atoms with van der Waals surface area (Å²) in [7, 11) is 0. The lowest BCUT2D eigenvalue weighted by Crippen LogP contribution is -2.44. The van der Waals surface area contributed by atoms with Crippen LogP contribution in [-0.2, 0) is 14.4 Å². The molecule has 0 saturated heterocycles. The van der Waals surface area contributed by atoms with Gasteiger partial charge in [-0.2, -0.15) is 0 Å². The Bertz CT molecular complexity index is 191. The van der Waals surface area contributed by atoms with E-state index in [1.54, 1.807) is 0 Å². The van der Waals surface area contributed by atoms with Crippen LogP contribution in [0.3, 0.4) is 0 Å². The van der Waals surface area contributed by atoms with Crippen LogP contribution in [0.2, 0.25) is 0 Å². The Morgan fingerprint density at radius 2 is 2.08 bits per heavy atom. The van der Waals surface area contributed by atoms with Gasteiger partial charge in [0.2, 0.25) is 18.1 Å². The third kappa shape index (κ3) is 4.43. The summed E-state index contributed by atoms with van der Waals surface area (Å²) < 4.78 is 0. The van der Waals surface area contributed by atoms with Crippen molar-refractivity contribution in [2.75, 3.05) is 6.54 Å². The Morgan fingerprint density at radius 3 is 2.50 bits per heavy atom. The van der Waals surface area contributed by atoms with Gasteiger partial charge in [0.15, 0.2) is 0 Å². The zero-order chi connectivity index (χ0) is 9.56. The molecule has 1 radical (unpaired) electrons. The van der Waals surface area contributed by atoms with Gasteiger partial charge in [0, 0.05) is 6.92 Å². The molecular formula is C7H11N2O3. The monoisotopic (exact) mass is 171 g/mol. The molecule has 0 aromatic heterocycles. The molecule has 12 heavy (non-hydrogen) atoms. The summed E-state index contributed by atoms with van der Waals surface area (Å²) in [5.74, 6) is -0.679. The average molecular weight is 171 g/mol. The molecule has 0 saturated carbocycles. The van der Waals surface area contributed by atoms with Crippen molar-refractivity contribution >= 4 is 18.1 Å². The lowest BCUT2D eigenvalue weighted by atomic mass is 10.3. The predicted molar refractivity (Wildman–Crippen MR) is 42.0 cm³/mol. The molecule has 0 bridgehead atoms. The predicted octanol–water partition coefficient (Wildman–Crippen LogP) is -1.26. The average Bonchev–Trinajstić information content (AvgIpc) is 1.98. The molecule has 5 nitrogen and oxygen atoms in total. The molecule has 2 N–H and O–H groups in total. The van der Waals surface area contributed by atoms with Gasteiger partial charge in [0.25, 0.3) is 0 Å². The van der Waals surface area contributed by atoms with Gasteiger partial charge in [-0.05, 0) is 6.92 Å². The minimum absolute atomic E-state index is 0.150. The van der Waals surface area contributed by atoms with Crippen molar-refractivity contribution in [1.82, 2.24) is 10.6 Å². The topological polar surface area (TPSA) is 75.3 Å². The maximum absolute atomic E-state index is 10.9. The highest BCUT2D eigenvalue weighted by Gasteiger charge is 2.11.